The summed E-state index contributed by atoms with van der Waals surface area (Å²) < 4.78 is 5.19. The van der Waals surface area contributed by atoms with Gasteiger partial charge in [-0.25, -0.2) is 14.6 Å². The maximum absolute atomic E-state index is 11.8. The van der Waals surface area contributed by atoms with Crippen molar-refractivity contribution in [3.63, 3.8) is 0 Å². The monoisotopic (exact) mass is 413 g/mol. The third-order valence-electron chi connectivity index (χ3n) is 3.51. The molecule has 0 aromatic carbocycles. The first-order valence-corrected chi connectivity index (χ1v) is 9.48. The predicted molar refractivity (Wildman–Crippen MR) is 107 cm³/mol. The number of hydrogen-bond acceptors (Lipinski definition) is 8. The van der Waals surface area contributed by atoms with Gasteiger partial charge in [0.25, 0.3) is 0 Å². The van der Waals surface area contributed by atoms with E-state index < -0.39 is 17.7 Å². The molecule has 0 aliphatic carbocycles. The number of carbonyl (C=O) groups excluding carboxylic acids is 1. The van der Waals surface area contributed by atoms with E-state index >= 15 is 0 Å². The van der Waals surface area contributed by atoms with Crippen LogP contribution in [0.2, 0.25) is 0 Å². The zero-order chi connectivity index (χ0) is 21.0. The quantitative estimate of drug-likeness (QED) is 0.649. The van der Waals surface area contributed by atoms with Crippen LogP contribution in [0.4, 0.5) is 10.6 Å². The lowest BCUT2D eigenvalue weighted by Gasteiger charge is -2.19. The van der Waals surface area contributed by atoms with Gasteiger partial charge in [-0.05, 0) is 45.0 Å². The average molecular weight is 413 g/mol. The van der Waals surface area contributed by atoms with Gasteiger partial charge in [-0.3, -0.25) is 10.3 Å². The second kappa shape index (κ2) is 8.31. The van der Waals surface area contributed by atoms with E-state index in [1.54, 1.807) is 45.2 Å². The van der Waals surface area contributed by atoms with E-state index in [0.29, 0.717) is 22.9 Å². The van der Waals surface area contributed by atoms with Gasteiger partial charge in [-0.15, -0.1) is 10.2 Å². The number of aromatic nitrogens is 4. The van der Waals surface area contributed by atoms with Crippen molar-refractivity contribution < 1.29 is 19.4 Å². The van der Waals surface area contributed by atoms with Crippen LogP contribution in [0.15, 0.2) is 36.7 Å². The Bertz CT molecular complexity index is 1010. The van der Waals surface area contributed by atoms with Gasteiger partial charge in [0.2, 0.25) is 0 Å². The van der Waals surface area contributed by atoms with Crippen LogP contribution in [0.5, 0.6) is 0 Å². The number of nitrogens with zero attached hydrogens (tertiary/aromatic N) is 4. The van der Waals surface area contributed by atoms with Crippen LogP contribution < -0.4 is 5.32 Å². The molecule has 0 aliphatic heterocycles. The summed E-state index contributed by atoms with van der Waals surface area (Å²) in [5.41, 5.74) is 1.01. The average Bonchev–Trinajstić information content (AvgIpc) is 3.09. The number of carboxylic acids is 1. The molecule has 29 heavy (non-hydrogen) atoms. The molecule has 0 bridgehead atoms. The van der Waals surface area contributed by atoms with E-state index in [0.717, 1.165) is 10.6 Å². The number of pyridine rings is 2. The first kappa shape index (κ1) is 20.3. The van der Waals surface area contributed by atoms with Gasteiger partial charge in [0.05, 0.1) is 5.56 Å². The standard InChI is InChI=1S/C19H19N5O4S/c1-19(2,3)28-18(27)22-14-7-5-11(9-21-14)16-24-23-15(29-16)8-13-6-4-12(10-20-13)17(25)26/h4-7,9-10H,8H2,1-3H3,(H,25,26)(H,21,22,27). The van der Waals surface area contributed by atoms with Crippen molar-refractivity contribution in [2.75, 3.05) is 5.32 Å². The van der Waals surface area contributed by atoms with Gasteiger partial charge in [-0.1, -0.05) is 11.3 Å². The second-order valence-corrected chi connectivity index (χ2v) is 8.14. The van der Waals surface area contributed by atoms with Gasteiger partial charge in [0.15, 0.2) is 0 Å². The molecule has 1 amide bonds. The largest absolute Gasteiger partial charge is 0.478 e. The topological polar surface area (TPSA) is 127 Å². The highest BCUT2D eigenvalue weighted by molar-refractivity contribution is 7.14. The molecule has 3 rings (SSSR count). The van der Waals surface area contributed by atoms with Gasteiger partial charge in [-0.2, -0.15) is 0 Å². The molecule has 0 atom stereocenters. The number of hydrogen-bond donors (Lipinski definition) is 2. The first-order chi connectivity index (χ1) is 13.7. The minimum absolute atomic E-state index is 0.137. The summed E-state index contributed by atoms with van der Waals surface area (Å²) >= 11 is 1.39. The Morgan fingerprint density at radius 2 is 1.90 bits per heavy atom. The Hall–Kier alpha value is -3.40. The Morgan fingerprint density at radius 3 is 2.48 bits per heavy atom. The molecule has 3 aromatic heterocycles. The van der Waals surface area contributed by atoms with Gasteiger partial charge in [0, 0.05) is 30.1 Å². The highest BCUT2D eigenvalue weighted by atomic mass is 32.1. The Balaban J connectivity index is 1.64. The summed E-state index contributed by atoms with van der Waals surface area (Å²) in [4.78, 5) is 31.0. The van der Waals surface area contributed by atoms with Crippen molar-refractivity contribution in [3.05, 3.63) is 52.9 Å². The van der Waals surface area contributed by atoms with Crippen molar-refractivity contribution in [2.45, 2.75) is 32.8 Å². The Labute approximate surface area is 170 Å². The molecule has 0 saturated carbocycles. The summed E-state index contributed by atoms with van der Waals surface area (Å²) in [6, 6.07) is 6.60. The van der Waals surface area contributed by atoms with Crippen LogP contribution in [0.3, 0.4) is 0 Å². The third-order valence-corrected chi connectivity index (χ3v) is 4.48. The number of rotatable bonds is 5. The third kappa shape index (κ3) is 5.79. The van der Waals surface area contributed by atoms with E-state index in [9.17, 15) is 9.59 Å². The molecular formula is C19H19N5O4S. The van der Waals surface area contributed by atoms with E-state index in [1.165, 1.54) is 23.6 Å². The lowest BCUT2D eigenvalue weighted by Crippen LogP contribution is -2.27. The fourth-order valence-corrected chi connectivity index (χ4v) is 3.10. The van der Waals surface area contributed by atoms with Gasteiger partial charge < -0.3 is 9.84 Å². The molecule has 0 unspecified atom stereocenters. The number of aromatic carboxylic acids is 1. The van der Waals surface area contributed by atoms with E-state index in [-0.39, 0.29) is 5.56 Å². The number of carbonyl (C=O) groups is 2. The molecule has 10 heteroatoms. The molecule has 9 nitrogen and oxygen atoms in total. The van der Waals surface area contributed by atoms with Crippen LogP contribution >= 0.6 is 11.3 Å². The van der Waals surface area contributed by atoms with E-state index in [1.807, 2.05) is 0 Å². The molecule has 3 heterocycles. The van der Waals surface area contributed by atoms with E-state index in [2.05, 4.69) is 25.5 Å². The number of nitrogens with one attached hydrogen (secondary N) is 1. The molecule has 0 fully saturated rings. The van der Waals surface area contributed by atoms with Crippen LogP contribution in [0.1, 0.15) is 41.8 Å². The van der Waals surface area contributed by atoms with Crippen molar-refractivity contribution in [1.82, 2.24) is 20.2 Å². The number of ether oxygens (including phenoxy) is 1. The normalized spacial score (nSPS) is 11.1. The van der Waals surface area contributed by atoms with Gasteiger partial charge >= 0.3 is 12.1 Å². The minimum Gasteiger partial charge on any atom is -0.478 e. The first-order valence-electron chi connectivity index (χ1n) is 8.67. The molecule has 2 N–H and O–H groups in total. The van der Waals surface area contributed by atoms with Crippen molar-refractivity contribution in [2.24, 2.45) is 0 Å². The van der Waals surface area contributed by atoms with Crippen LogP contribution in [-0.4, -0.2) is 42.9 Å². The van der Waals surface area contributed by atoms with Gasteiger partial charge in [0.1, 0.15) is 21.4 Å². The highest BCUT2D eigenvalue weighted by Crippen LogP contribution is 2.25. The maximum atomic E-state index is 11.8. The fraction of sp³-hybridized carbons (Fsp3) is 0.263. The summed E-state index contributed by atoms with van der Waals surface area (Å²) in [5.74, 6) is -0.644. The number of anilines is 1. The SMILES string of the molecule is CC(C)(C)OC(=O)Nc1ccc(-c2nnc(Cc3ccc(C(=O)O)cn3)s2)cn1. The molecule has 0 spiro atoms. The summed E-state index contributed by atoms with van der Waals surface area (Å²) in [5, 5.41) is 21.2. The number of amides is 1. The highest BCUT2D eigenvalue weighted by Gasteiger charge is 2.16. The fourth-order valence-electron chi connectivity index (χ4n) is 2.25. The van der Waals surface area contributed by atoms with Crippen LogP contribution in [0.25, 0.3) is 10.6 Å². The summed E-state index contributed by atoms with van der Waals surface area (Å²) in [7, 11) is 0. The summed E-state index contributed by atoms with van der Waals surface area (Å²) in [6.45, 7) is 5.35. The predicted octanol–water partition coefficient (Wildman–Crippen LogP) is 3.63. The summed E-state index contributed by atoms with van der Waals surface area (Å²) in [6.07, 6.45) is 2.79. The van der Waals surface area contributed by atoms with Crippen LogP contribution in [-0.2, 0) is 11.2 Å². The smallest absolute Gasteiger partial charge is 0.413 e. The lowest BCUT2D eigenvalue weighted by atomic mass is 10.2. The lowest BCUT2D eigenvalue weighted by molar-refractivity contribution is 0.0633. The van der Waals surface area contributed by atoms with Crippen LogP contribution in [0, 0.1) is 0 Å². The molecule has 150 valence electrons. The van der Waals surface area contributed by atoms with Crippen molar-refractivity contribution in [3.8, 4) is 10.6 Å². The van der Waals surface area contributed by atoms with Crippen molar-refractivity contribution in [1.29, 1.82) is 0 Å². The zero-order valence-corrected chi connectivity index (χ0v) is 16.9. The molecule has 0 saturated heterocycles. The Morgan fingerprint density at radius 1 is 1.10 bits per heavy atom. The van der Waals surface area contributed by atoms with E-state index in [4.69, 9.17) is 9.84 Å². The second-order valence-electron chi connectivity index (χ2n) is 7.08. The Kier molecular flexibility index (Phi) is 5.83. The zero-order valence-electron chi connectivity index (χ0n) is 16.0. The minimum atomic E-state index is -1.01. The molecule has 3 aromatic rings. The molecule has 0 radical (unpaired) electrons. The maximum Gasteiger partial charge on any atom is 0.413 e. The van der Waals surface area contributed by atoms with Crippen molar-refractivity contribution >= 4 is 29.2 Å². The molecule has 0 aliphatic rings. The molecular weight excluding hydrogens is 394 g/mol. The number of carboxylic acid groups (broad SMARTS) is 1.